The molecule has 0 spiro atoms. The first-order chi connectivity index (χ1) is 14.8. The highest BCUT2D eigenvalue weighted by atomic mass is 16.5. The largest absolute Gasteiger partial charge is 0.494 e. The molecule has 31 heavy (non-hydrogen) atoms. The summed E-state index contributed by atoms with van der Waals surface area (Å²) in [5.41, 5.74) is 1.64. The molecule has 0 radical (unpaired) electrons. The number of hydrogen-bond acceptors (Lipinski definition) is 6. The number of amides is 1. The number of nitrogens with zero attached hydrogens (tertiary/aromatic N) is 4. The number of benzene rings is 1. The second-order valence-electron chi connectivity index (χ2n) is 8.28. The summed E-state index contributed by atoms with van der Waals surface area (Å²) in [6.07, 6.45) is 1.13. The van der Waals surface area contributed by atoms with Crippen LogP contribution < -0.4 is 9.64 Å². The molecule has 1 aromatic carbocycles. The summed E-state index contributed by atoms with van der Waals surface area (Å²) in [6.45, 7) is 11.2. The standard InChI is InChI=1S/C24H32N4O3/c1-17(2)24-25-18(3)16-22(26-24)27-11-13-28(14-12-27)23(30)6-5-15-31-21-9-7-20(8-10-21)19(4)29/h7-10,16-17H,5-6,11-15H2,1-4H3. The Morgan fingerprint density at radius 1 is 1.06 bits per heavy atom. The van der Waals surface area contributed by atoms with Crippen molar-refractivity contribution in [3.8, 4) is 5.75 Å². The van der Waals surface area contributed by atoms with Crippen molar-refractivity contribution < 1.29 is 14.3 Å². The van der Waals surface area contributed by atoms with Crippen LogP contribution in [0.4, 0.5) is 5.82 Å². The maximum absolute atomic E-state index is 12.6. The van der Waals surface area contributed by atoms with Crippen LogP contribution in [0.25, 0.3) is 0 Å². The number of aryl methyl sites for hydroxylation is 1. The Balaban J connectivity index is 1.41. The summed E-state index contributed by atoms with van der Waals surface area (Å²) in [4.78, 5) is 37.3. The van der Waals surface area contributed by atoms with Gasteiger partial charge in [-0.15, -0.1) is 0 Å². The van der Waals surface area contributed by atoms with E-state index >= 15 is 0 Å². The number of carbonyl (C=O) groups is 2. The molecule has 0 aliphatic carbocycles. The maximum atomic E-state index is 12.6. The quantitative estimate of drug-likeness (QED) is 0.476. The van der Waals surface area contributed by atoms with Gasteiger partial charge in [-0.2, -0.15) is 0 Å². The van der Waals surface area contributed by atoms with E-state index in [1.54, 1.807) is 31.2 Å². The highest BCUT2D eigenvalue weighted by Crippen LogP contribution is 2.19. The van der Waals surface area contributed by atoms with Gasteiger partial charge in [-0.05, 0) is 44.5 Å². The van der Waals surface area contributed by atoms with Gasteiger partial charge in [0.2, 0.25) is 5.91 Å². The first-order valence-corrected chi connectivity index (χ1v) is 11.0. The van der Waals surface area contributed by atoms with E-state index in [4.69, 9.17) is 9.72 Å². The number of hydrogen-bond donors (Lipinski definition) is 0. The van der Waals surface area contributed by atoms with Gasteiger partial charge in [0.15, 0.2) is 5.78 Å². The molecular weight excluding hydrogens is 392 g/mol. The average molecular weight is 425 g/mol. The van der Waals surface area contributed by atoms with Crippen LogP contribution in [0.15, 0.2) is 30.3 Å². The molecule has 7 heteroatoms. The fraction of sp³-hybridized carbons (Fsp3) is 0.500. The van der Waals surface area contributed by atoms with E-state index in [2.05, 4.69) is 23.7 Å². The van der Waals surface area contributed by atoms with Crippen molar-refractivity contribution in [2.75, 3.05) is 37.7 Å². The predicted molar refractivity (Wildman–Crippen MR) is 121 cm³/mol. The lowest BCUT2D eigenvalue weighted by molar-refractivity contribution is -0.131. The van der Waals surface area contributed by atoms with E-state index in [0.717, 1.165) is 30.4 Å². The molecule has 7 nitrogen and oxygen atoms in total. The summed E-state index contributed by atoms with van der Waals surface area (Å²) in [5, 5.41) is 0. The van der Waals surface area contributed by atoms with Gasteiger partial charge in [-0.1, -0.05) is 13.8 Å². The van der Waals surface area contributed by atoms with Crippen molar-refractivity contribution in [3.05, 3.63) is 47.4 Å². The van der Waals surface area contributed by atoms with E-state index in [0.29, 0.717) is 43.9 Å². The van der Waals surface area contributed by atoms with Crippen LogP contribution in [0, 0.1) is 6.92 Å². The summed E-state index contributed by atoms with van der Waals surface area (Å²) in [5.74, 6) is 3.02. The Morgan fingerprint density at radius 3 is 2.35 bits per heavy atom. The third-order valence-corrected chi connectivity index (χ3v) is 5.40. The van der Waals surface area contributed by atoms with Crippen LogP contribution in [0.2, 0.25) is 0 Å². The van der Waals surface area contributed by atoms with Crippen molar-refractivity contribution >= 4 is 17.5 Å². The predicted octanol–water partition coefficient (Wildman–Crippen LogP) is 3.62. The average Bonchev–Trinajstić information content (AvgIpc) is 2.76. The highest BCUT2D eigenvalue weighted by molar-refractivity contribution is 5.94. The first kappa shape index (κ1) is 22.7. The van der Waals surface area contributed by atoms with Crippen molar-refractivity contribution in [1.29, 1.82) is 0 Å². The minimum Gasteiger partial charge on any atom is -0.494 e. The molecule has 1 amide bonds. The van der Waals surface area contributed by atoms with Gasteiger partial charge >= 0.3 is 0 Å². The number of piperazine rings is 1. The number of rotatable bonds is 8. The third kappa shape index (κ3) is 6.26. The van der Waals surface area contributed by atoms with Crippen LogP contribution >= 0.6 is 0 Å². The van der Waals surface area contributed by atoms with E-state index in [1.807, 2.05) is 17.9 Å². The molecule has 1 saturated heterocycles. The number of carbonyl (C=O) groups excluding carboxylic acids is 2. The van der Waals surface area contributed by atoms with Crippen molar-refractivity contribution in [1.82, 2.24) is 14.9 Å². The molecule has 0 bridgehead atoms. The van der Waals surface area contributed by atoms with Crippen LogP contribution in [0.1, 0.15) is 61.4 Å². The smallest absolute Gasteiger partial charge is 0.222 e. The van der Waals surface area contributed by atoms with Gasteiger partial charge in [0.1, 0.15) is 17.4 Å². The summed E-state index contributed by atoms with van der Waals surface area (Å²) in [6, 6.07) is 9.11. The van der Waals surface area contributed by atoms with Crippen molar-refractivity contribution in [2.24, 2.45) is 0 Å². The monoisotopic (exact) mass is 424 g/mol. The summed E-state index contributed by atoms with van der Waals surface area (Å²) >= 11 is 0. The first-order valence-electron chi connectivity index (χ1n) is 11.0. The van der Waals surface area contributed by atoms with Gasteiger partial charge in [0, 0.05) is 55.8 Å². The Hall–Kier alpha value is -2.96. The molecule has 1 aromatic heterocycles. The normalized spacial score (nSPS) is 14.1. The topological polar surface area (TPSA) is 75.6 Å². The van der Waals surface area contributed by atoms with Crippen molar-refractivity contribution in [3.63, 3.8) is 0 Å². The number of anilines is 1. The zero-order valence-corrected chi connectivity index (χ0v) is 18.9. The lowest BCUT2D eigenvalue weighted by Gasteiger charge is -2.35. The second kappa shape index (κ2) is 10.4. The van der Waals surface area contributed by atoms with Crippen LogP contribution in [-0.4, -0.2) is 59.3 Å². The molecule has 2 aromatic rings. The molecule has 1 aliphatic rings. The Kier molecular flexibility index (Phi) is 7.60. The highest BCUT2D eigenvalue weighted by Gasteiger charge is 2.22. The molecule has 166 valence electrons. The van der Waals surface area contributed by atoms with E-state index in [9.17, 15) is 9.59 Å². The molecular formula is C24H32N4O3. The van der Waals surface area contributed by atoms with E-state index < -0.39 is 0 Å². The lowest BCUT2D eigenvalue weighted by Crippen LogP contribution is -2.49. The number of Topliss-reactive ketones (excluding diaryl/α,β-unsaturated/α-hetero) is 1. The zero-order valence-electron chi connectivity index (χ0n) is 18.9. The minimum atomic E-state index is 0.0347. The van der Waals surface area contributed by atoms with Gasteiger partial charge in [-0.25, -0.2) is 9.97 Å². The second-order valence-corrected chi connectivity index (χ2v) is 8.28. The van der Waals surface area contributed by atoms with Gasteiger partial charge in [0.25, 0.3) is 0 Å². The summed E-state index contributed by atoms with van der Waals surface area (Å²) < 4.78 is 5.69. The lowest BCUT2D eigenvalue weighted by atomic mass is 10.1. The Labute approximate surface area is 184 Å². The fourth-order valence-electron chi connectivity index (χ4n) is 3.54. The fourth-order valence-corrected chi connectivity index (χ4v) is 3.54. The molecule has 1 aliphatic heterocycles. The zero-order chi connectivity index (χ0) is 22.4. The van der Waals surface area contributed by atoms with Gasteiger partial charge < -0.3 is 14.5 Å². The van der Waals surface area contributed by atoms with Crippen molar-refractivity contribution in [2.45, 2.75) is 46.5 Å². The minimum absolute atomic E-state index is 0.0347. The van der Waals surface area contributed by atoms with Gasteiger partial charge in [-0.3, -0.25) is 9.59 Å². The molecule has 2 heterocycles. The number of ether oxygens (including phenoxy) is 1. The number of aromatic nitrogens is 2. The SMILES string of the molecule is CC(=O)c1ccc(OCCCC(=O)N2CCN(c3cc(C)nc(C(C)C)n3)CC2)cc1. The molecule has 0 saturated carbocycles. The molecule has 0 atom stereocenters. The van der Waals surface area contributed by atoms with E-state index in [-0.39, 0.29) is 17.6 Å². The maximum Gasteiger partial charge on any atom is 0.222 e. The molecule has 0 N–H and O–H groups in total. The van der Waals surface area contributed by atoms with Gasteiger partial charge in [0.05, 0.1) is 6.61 Å². The Morgan fingerprint density at radius 2 is 1.74 bits per heavy atom. The summed E-state index contributed by atoms with van der Waals surface area (Å²) in [7, 11) is 0. The van der Waals surface area contributed by atoms with E-state index in [1.165, 1.54) is 0 Å². The molecule has 1 fully saturated rings. The Bertz CT molecular complexity index is 904. The molecule has 3 rings (SSSR count). The van der Waals surface area contributed by atoms with Crippen LogP contribution in [-0.2, 0) is 4.79 Å². The third-order valence-electron chi connectivity index (χ3n) is 5.40. The number of ketones is 1. The van der Waals surface area contributed by atoms with Crippen LogP contribution in [0.5, 0.6) is 5.75 Å². The van der Waals surface area contributed by atoms with Crippen LogP contribution in [0.3, 0.4) is 0 Å². The molecule has 0 unspecified atom stereocenters.